The Hall–Kier alpha value is -2.83. The van der Waals surface area contributed by atoms with Crippen molar-refractivity contribution in [1.29, 1.82) is 0 Å². The number of nitrogens with one attached hydrogen (secondary N) is 1. The minimum atomic E-state index is -1.07. The van der Waals surface area contributed by atoms with Gasteiger partial charge < -0.3 is 15.2 Å². The maximum absolute atomic E-state index is 12.1. The molecule has 0 bridgehead atoms. The van der Waals surface area contributed by atoms with Crippen molar-refractivity contribution < 1.29 is 19.4 Å². The molecule has 1 unspecified atom stereocenters. The minimum absolute atomic E-state index is 0.160. The van der Waals surface area contributed by atoms with Crippen molar-refractivity contribution in [1.82, 2.24) is 15.1 Å². The lowest BCUT2D eigenvalue weighted by atomic mass is 10.0. The van der Waals surface area contributed by atoms with E-state index in [4.69, 9.17) is 9.84 Å². The number of hydrogen-bond acceptors (Lipinski definition) is 4. The Morgan fingerprint density at radius 2 is 1.87 bits per heavy atom. The number of amides is 1. The summed E-state index contributed by atoms with van der Waals surface area (Å²) in [4.78, 5) is 23.3. The summed E-state index contributed by atoms with van der Waals surface area (Å²) in [6.07, 6.45) is 1.64. The first kappa shape index (κ1) is 16.5. The summed E-state index contributed by atoms with van der Waals surface area (Å²) < 4.78 is 6.63. The van der Waals surface area contributed by atoms with Gasteiger partial charge in [-0.1, -0.05) is 13.8 Å². The first-order chi connectivity index (χ1) is 10.9. The highest BCUT2D eigenvalue weighted by Crippen LogP contribution is 2.14. The number of aliphatic carboxylic acids is 1. The van der Waals surface area contributed by atoms with E-state index in [1.807, 2.05) is 12.1 Å². The SMILES string of the molecule is COc1ccc(-n2ccc(C(=O)NC(C(=O)O)C(C)C)n2)cc1. The zero-order valence-corrected chi connectivity index (χ0v) is 13.2. The molecule has 1 atom stereocenters. The van der Waals surface area contributed by atoms with Crippen LogP contribution in [0.1, 0.15) is 24.3 Å². The highest BCUT2D eigenvalue weighted by Gasteiger charge is 2.24. The van der Waals surface area contributed by atoms with Crippen LogP contribution < -0.4 is 10.1 Å². The van der Waals surface area contributed by atoms with E-state index >= 15 is 0 Å². The van der Waals surface area contributed by atoms with Crippen LogP contribution in [0.25, 0.3) is 5.69 Å². The lowest BCUT2D eigenvalue weighted by Gasteiger charge is -2.16. The Bertz CT molecular complexity index is 692. The Morgan fingerprint density at radius 1 is 1.22 bits per heavy atom. The Morgan fingerprint density at radius 3 is 2.39 bits per heavy atom. The molecule has 0 saturated heterocycles. The maximum atomic E-state index is 12.1. The molecule has 0 aliphatic carbocycles. The standard InChI is InChI=1S/C16H19N3O4/c1-10(2)14(16(21)22)17-15(20)13-8-9-19(18-13)11-4-6-12(23-3)7-5-11/h4-10,14H,1-3H3,(H,17,20)(H,21,22). The Kier molecular flexibility index (Phi) is 5.00. The first-order valence-corrected chi connectivity index (χ1v) is 7.16. The van der Waals surface area contributed by atoms with Crippen LogP contribution in [0.15, 0.2) is 36.5 Å². The largest absolute Gasteiger partial charge is 0.497 e. The monoisotopic (exact) mass is 317 g/mol. The second-order valence-electron chi connectivity index (χ2n) is 5.38. The maximum Gasteiger partial charge on any atom is 0.326 e. The zero-order valence-electron chi connectivity index (χ0n) is 13.2. The molecule has 1 heterocycles. The van der Waals surface area contributed by atoms with E-state index in [0.29, 0.717) is 0 Å². The lowest BCUT2D eigenvalue weighted by Crippen LogP contribution is -2.44. The molecule has 0 spiro atoms. The van der Waals surface area contributed by atoms with Crippen molar-refractivity contribution in [3.63, 3.8) is 0 Å². The van der Waals surface area contributed by atoms with Gasteiger partial charge in [-0.3, -0.25) is 4.79 Å². The minimum Gasteiger partial charge on any atom is -0.497 e. The van der Waals surface area contributed by atoms with Crippen LogP contribution in [0.4, 0.5) is 0 Å². The molecule has 2 N–H and O–H groups in total. The van der Waals surface area contributed by atoms with Crippen LogP contribution in [0.2, 0.25) is 0 Å². The number of aromatic nitrogens is 2. The summed E-state index contributed by atoms with van der Waals surface area (Å²) in [5, 5.41) is 15.8. The first-order valence-electron chi connectivity index (χ1n) is 7.16. The summed E-state index contributed by atoms with van der Waals surface area (Å²) in [5.41, 5.74) is 0.927. The third kappa shape index (κ3) is 3.88. The number of nitrogens with zero attached hydrogens (tertiary/aromatic N) is 2. The molecule has 2 rings (SSSR count). The van der Waals surface area contributed by atoms with Crippen LogP contribution in [0.5, 0.6) is 5.75 Å². The molecule has 1 amide bonds. The van der Waals surface area contributed by atoms with E-state index < -0.39 is 17.9 Å². The smallest absolute Gasteiger partial charge is 0.326 e. The van der Waals surface area contributed by atoms with Crippen LogP contribution in [0.3, 0.4) is 0 Å². The molecular weight excluding hydrogens is 298 g/mol. The molecule has 7 heteroatoms. The Labute approximate surface area is 133 Å². The summed E-state index contributed by atoms with van der Waals surface area (Å²) in [5.74, 6) is -1.08. The molecule has 2 aromatic rings. The molecule has 7 nitrogen and oxygen atoms in total. The molecule has 1 aromatic carbocycles. The van der Waals surface area contributed by atoms with E-state index in [1.54, 1.807) is 50.0 Å². The predicted molar refractivity (Wildman–Crippen MR) is 83.8 cm³/mol. The summed E-state index contributed by atoms with van der Waals surface area (Å²) in [7, 11) is 1.58. The third-order valence-electron chi connectivity index (χ3n) is 3.38. The van der Waals surface area contributed by atoms with Crippen LogP contribution in [0, 0.1) is 5.92 Å². The molecule has 0 aliphatic heterocycles. The molecule has 0 radical (unpaired) electrons. The second kappa shape index (κ2) is 6.95. The van der Waals surface area contributed by atoms with E-state index in [9.17, 15) is 9.59 Å². The van der Waals surface area contributed by atoms with Crippen LogP contribution in [-0.2, 0) is 4.79 Å². The number of methoxy groups -OCH3 is 1. The van der Waals surface area contributed by atoms with Gasteiger partial charge in [-0.05, 0) is 36.2 Å². The normalized spacial score (nSPS) is 12.0. The van der Waals surface area contributed by atoms with Gasteiger partial charge in [0.1, 0.15) is 11.8 Å². The highest BCUT2D eigenvalue weighted by molar-refractivity contribution is 5.95. The molecule has 23 heavy (non-hydrogen) atoms. The van der Waals surface area contributed by atoms with Crippen molar-refractivity contribution in [2.45, 2.75) is 19.9 Å². The quantitative estimate of drug-likeness (QED) is 0.846. The number of carboxylic acid groups (broad SMARTS) is 1. The molecule has 0 saturated carbocycles. The van der Waals surface area contributed by atoms with Crippen LogP contribution in [-0.4, -0.2) is 39.9 Å². The third-order valence-corrected chi connectivity index (χ3v) is 3.38. The van der Waals surface area contributed by atoms with Gasteiger partial charge in [0.15, 0.2) is 5.69 Å². The highest BCUT2D eigenvalue weighted by atomic mass is 16.5. The van der Waals surface area contributed by atoms with Gasteiger partial charge in [-0.2, -0.15) is 5.10 Å². The van der Waals surface area contributed by atoms with Gasteiger partial charge in [0, 0.05) is 6.20 Å². The molecule has 0 aliphatic rings. The average Bonchev–Trinajstić information content (AvgIpc) is 3.01. The molecular formula is C16H19N3O4. The van der Waals surface area contributed by atoms with Gasteiger partial charge in [-0.15, -0.1) is 0 Å². The fourth-order valence-electron chi connectivity index (χ4n) is 2.05. The van der Waals surface area contributed by atoms with Crippen molar-refractivity contribution in [3.8, 4) is 11.4 Å². The van der Waals surface area contributed by atoms with E-state index in [1.165, 1.54) is 0 Å². The van der Waals surface area contributed by atoms with E-state index in [0.717, 1.165) is 11.4 Å². The van der Waals surface area contributed by atoms with E-state index in [-0.39, 0.29) is 11.6 Å². The van der Waals surface area contributed by atoms with E-state index in [2.05, 4.69) is 10.4 Å². The topological polar surface area (TPSA) is 93.5 Å². The van der Waals surface area contributed by atoms with Crippen molar-refractivity contribution in [3.05, 3.63) is 42.2 Å². The molecule has 122 valence electrons. The number of ether oxygens (including phenoxy) is 1. The number of carbonyl (C=O) groups is 2. The average molecular weight is 317 g/mol. The van der Waals surface area contributed by atoms with Crippen molar-refractivity contribution in [2.24, 2.45) is 5.92 Å². The number of rotatable bonds is 6. The van der Waals surface area contributed by atoms with Gasteiger partial charge in [0.25, 0.3) is 5.91 Å². The lowest BCUT2D eigenvalue weighted by molar-refractivity contribution is -0.140. The number of carboxylic acids is 1. The van der Waals surface area contributed by atoms with Gasteiger partial charge >= 0.3 is 5.97 Å². The second-order valence-corrected chi connectivity index (χ2v) is 5.38. The van der Waals surface area contributed by atoms with Gasteiger partial charge in [0.2, 0.25) is 0 Å². The summed E-state index contributed by atoms with van der Waals surface area (Å²) in [6, 6.07) is 7.78. The fraction of sp³-hybridized carbons (Fsp3) is 0.312. The predicted octanol–water partition coefficient (Wildman–Crippen LogP) is 1.72. The van der Waals surface area contributed by atoms with Crippen molar-refractivity contribution >= 4 is 11.9 Å². The number of benzene rings is 1. The zero-order chi connectivity index (χ0) is 17.0. The van der Waals surface area contributed by atoms with Crippen molar-refractivity contribution in [2.75, 3.05) is 7.11 Å². The summed E-state index contributed by atoms with van der Waals surface area (Å²) in [6.45, 7) is 3.46. The number of carbonyl (C=O) groups excluding carboxylic acids is 1. The molecule has 1 aromatic heterocycles. The summed E-state index contributed by atoms with van der Waals surface area (Å²) >= 11 is 0. The fourth-order valence-corrected chi connectivity index (χ4v) is 2.05. The number of hydrogen-bond donors (Lipinski definition) is 2. The molecule has 0 fully saturated rings. The van der Waals surface area contributed by atoms with Crippen LogP contribution >= 0.6 is 0 Å². The van der Waals surface area contributed by atoms with Gasteiger partial charge in [0.05, 0.1) is 12.8 Å². The Balaban J connectivity index is 2.14. The van der Waals surface area contributed by atoms with Gasteiger partial charge in [-0.25, -0.2) is 9.48 Å².